The quantitative estimate of drug-likeness (QED) is 0.0182. The molecule has 8 aromatic carbocycles. The molecular weight excluding hydrogens is 1580 g/mol. The van der Waals surface area contributed by atoms with Crippen molar-refractivity contribution in [3.05, 3.63) is 234 Å². The number of anilines is 3. The SMILES string of the molecule is C#CC(=O)NCc1cccc(NCC#Cc2cc(O)c3nc(C)sc3c2)c1.C=CS(=O)(=O)NCc1cccc(NCC#Cc2cc(O)c3nc(C)sc3c2)c1F.CCS(=O)(=O)NCc1cccc(NCC#Cc2cc(O)c3nc(C)sc3c2)c1.Cc1nc2c(O)cc(C#CCOc3cccc(CC(=O)/C=C/C(F)(F)F)c3)cc2s1. The Morgan fingerprint density at radius 3 is 1.43 bits per heavy atom. The Balaban J connectivity index is 0.000000174. The molecule has 1 amide bonds. The lowest BCUT2D eigenvalue weighted by atomic mass is 10.1. The fourth-order valence-corrected chi connectivity index (χ4v) is 14.9. The largest absolute Gasteiger partial charge is 0.506 e. The molecule has 114 heavy (non-hydrogen) atoms. The summed E-state index contributed by atoms with van der Waals surface area (Å²) >= 11 is 5.98. The van der Waals surface area contributed by atoms with Crippen molar-refractivity contribution in [3.8, 4) is 88.5 Å². The summed E-state index contributed by atoms with van der Waals surface area (Å²) in [6.45, 7) is 13.9. The molecule has 21 nitrogen and oxygen atoms in total. The van der Waals surface area contributed by atoms with E-state index in [0.29, 0.717) is 70.2 Å². The Kier molecular flexibility index (Phi) is 30.2. The number of halogens is 4. The Morgan fingerprint density at radius 1 is 0.553 bits per heavy atom. The maximum absolute atomic E-state index is 14.5. The number of aryl methyl sites for hydroxylation is 4. The Labute approximate surface area is 671 Å². The number of nitrogens with one attached hydrogen (secondary N) is 6. The molecule has 4 heterocycles. The number of carbonyl (C=O) groups is 2. The molecule has 0 aliphatic rings. The summed E-state index contributed by atoms with van der Waals surface area (Å²) in [6, 6.07) is 40.2. The molecule has 584 valence electrons. The van der Waals surface area contributed by atoms with Crippen molar-refractivity contribution in [3.63, 3.8) is 0 Å². The van der Waals surface area contributed by atoms with Crippen LogP contribution in [0.25, 0.3) is 40.9 Å². The first kappa shape index (κ1) is 85.7. The summed E-state index contributed by atoms with van der Waals surface area (Å²) in [6.07, 6.45) is 0.798. The fourth-order valence-electron chi connectivity index (χ4n) is 10.3. The summed E-state index contributed by atoms with van der Waals surface area (Å²) < 4.78 is 111. The molecule has 0 spiro atoms. The van der Waals surface area contributed by atoms with Gasteiger partial charge in [-0.15, -0.1) is 51.8 Å². The molecule has 0 aliphatic heterocycles. The van der Waals surface area contributed by atoms with Crippen molar-refractivity contribution in [2.24, 2.45) is 0 Å². The average molecular weight is 1650 g/mol. The fraction of sp³-hybridized carbons (Fsp3) is 0.181. The van der Waals surface area contributed by atoms with Gasteiger partial charge in [-0.3, -0.25) is 9.59 Å². The van der Waals surface area contributed by atoms with Gasteiger partial charge in [-0.1, -0.05) is 102 Å². The number of fused-ring (bicyclic) bond motifs is 4. The molecule has 12 aromatic rings. The van der Waals surface area contributed by atoms with Crippen LogP contribution in [-0.4, -0.2) is 107 Å². The van der Waals surface area contributed by atoms with Crippen molar-refractivity contribution in [1.29, 1.82) is 0 Å². The van der Waals surface area contributed by atoms with Gasteiger partial charge in [-0.2, -0.15) is 13.2 Å². The second kappa shape index (κ2) is 40.2. The lowest BCUT2D eigenvalue weighted by Crippen LogP contribution is -2.24. The normalized spacial score (nSPS) is 10.9. The maximum atomic E-state index is 14.5. The third kappa shape index (κ3) is 26.7. The van der Waals surface area contributed by atoms with E-state index in [9.17, 15) is 64.4 Å². The number of hydrogen-bond donors (Lipinski definition) is 10. The van der Waals surface area contributed by atoms with Gasteiger partial charge in [0, 0.05) is 76.7 Å². The minimum absolute atomic E-state index is 0.0585. The monoisotopic (exact) mass is 1650 g/mol. The number of ketones is 1. The molecule has 31 heteroatoms. The second-order valence-electron chi connectivity index (χ2n) is 24.3. The van der Waals surface area contributed by atoms with Crippen molar-refractivity contribution in [2.75, 3.05) is 47.9 Å². The van der Waals surface area contributed by atoms with E-state index < -0.39 is 43.7 Å². The number of allylic oxidation sites excluding steroid dienone is 2. The molecule has 10 N–H and O–H groups in total. The number of sulfonamides is 2. The zero-order valence-corrected chi connectivity index (χ0v) is 66.5. The van der Waals surface area contributed by atoms with Crippen LogP contribution in [0.2, 0.25) is 0 Å². The van der Waals surface area contributed by atoms with Crippen LogP contribution in [0, 0.1) is 93.2 Å². The van der Waals surface area contributed by atoms with E-state index in [1.165, 1.54) is 57.5 Å². The summed E-state index contributed by atoms with van der Waals surface area (Å²) in [4.78, 5) is 39.9. The molecule has 0 saturated heterocycles. The number of aromatic nitrogens is 4. The molecular formula is C83H72F4N10O11S6. The zero-order valence-electron chi connectivity index (χ0n) is 61.6. The Bertz CT molecular complexity index is 6160. The Morgan fingerprint density at radius 2 is 0.982 bits per heavy atom. The number of amides is 1. The standard InChI is InChI=1S/C22H16F3NO3S.C21H17N3O2S.C20H18FN3O3S2.C20H21N3O3S2/c1-14-26-21-19(28)12-16(13-20(21)30-14)5-3-9-29-18-6-2-4-15(11-18)10-17(27)7-8-22(23,24)25;1-3-20(26)23-13-16-6-4-8-17(10-16)22-9-5-7-15-11-18(25)21-19(12-15)27-14(2)24-21;1-3-29(26,27)23-12-15-7-4-8-16(19(15)21)22-9-5-6-14-10-17(25)20-18(11-14)28-13(2)24-20;1-3-28(25,26)22-13-16-6-4-8-17(10-16)21-9-5-7-15-11-18(24)20-19(12-15)27-14(2)23-20/h2,4,6-8,11-13,28H,9-10H2,1H3;1,4,6,8,10-12,22,25H,9,13H2,2H3,(H,23,26);3-4,7-8,10-11,22-23,25H,1,9,12H2,2H3;4,6,8,10-12,21-22,24H,3,9,13H2,1-2H3/b8-7+;;;. The van der Waals surface area contributed by atoms with Gasteiger partial charge in [0.2, 0.25) is 20.0 Å². The van der Waals surface area contributed by atoms with E-state index in [4.69, 9.17) is 11.2 Å². The number of thiazole rings is 4. The molecule has 0 radical (unpaired) electrons. The van der Waals surface area contributed by atoms with Gasteiger partial charge in [0.15, 0.2) is 11.6 Å². The van der Waals surface area contributed by atoms with E-state index in [-0.39, 0.29) is 78.7 Å². The predicted octanol–water partition coefficient (Wildman–Crippen LogP) is 14.7. The van der Waals surface area contributed by atoms with Crippen LogP contribution in [0.15, 0.2) is 164 Å². The molecule has 0 atom stereocenters. The Hall–Kier alpha value is -12.3. The molecule has 0 unspecified atom stereocenters. The number of phenolic OH excluding ortho intramolecular Hbond substituents is 4. The minimum atomic E-state index is -4.51. The number of hydrogen-bond acceptors (Lipinski definition) is 22. The van der Waals surface area contributed by atoms with Gasteiger partial charge in [-0.25, -0.2) is 50.6 Å². The average Bonchev–Trinajstić information content (AvgIpc) is 1.71. The van der Waals surface area contributed by atoms with E-state index in [1.807, 2.05) is 106 Å². The van der Waals surface area contributed by atoms with Crippen LogP contribution >= 0.6 is 45.3 Å². The van der Waals surface area contributed by atoms with Crippen molar-refractivity contribution in [2.45, 2.75) is 66.9 Å². The van der Waals surface area contributed by atoms with Crippen LogP contribution in [0.1, 0.15) is 71.5 Å². The first-order chi connectivity index (χ1) is 54.4. The van der Waals surface area contributed by atoms with Crippen molar-refractivity contribution in [1.82, 2.24) is 34.7 Å². The second-order valence-corrected chi connectivity index (χ2v) is 33.0. The lowest BCUT2D eigenvalue weighted by Gasteiger charge is -2.09. The first-order valence-corrected chi connectivity index (χ1v) is 40.7. The number of benzene rings is 8. The van der Waals surface area contributed by atoms with Gasteiger partial charge in [0.05, 0.1) is 69.9 Å². The molecule has 0 saturated carbocycles. The molecule has 0 fully saturated rings. The van der Waals surface area contributed by atoms with Gasteiger partial charge in [0.25, 0.3) is 5.91 Å². The van der Waals surface area contributed by atoms with E-state index in [2.05, 4.69) is 105 Å². The number of rotatable bonds is 21. The lowest BCUT2D eigenvalue weighted by molar-refractivity contribution is -0.116. The molecule has 0 aliphatic carbocycles. The number of terminal acetylenes is 1. The molecule has 0 bridgehead atoms. The minimum Gasteiger partial charge on any atom is -0.506 e. The van der Waals surface area contributed by atoms with Crippen LogP contribution in [0.5, 0.6) is 28.7 Å². The highest BCUT2D eigenvalue weighted by molar-refractivity contribution is 7.92. The van der Waals surface area contributed by atoms with Crippen molar-refractivity contribution >= 4 is 135 Å². The summed E-state index contributed by atoms with van der Waals surface area (Å²) in [5.41, 5.74) is 9.59. The zero-order chi connectivity index (χ0) is 82.1. The van der Waals surface area contributed by atoms with E-state index in [1.54, 1.807) is 61.5 Å². The highest BCUT2D eigenvalue weighted by Gasteiger charge is 2.23. The molecule has 12 rings (SSSR count). The summed E-state index contributed by atoms with van der Waals surface area (Å²) in [5.74, 6) is 25.0. The number of carbonyl (C=O) groups excluding carboxylic acids is 2. The smallest absolute Gasteiger partial charge is 0.409 e. The summed E-state index contributed by atoms with van der Waals surface area (Å²) in [7, 11) is -6.85. The van der Waals surface area contributed by atoms with Gasteiger partial charge in [-0.05, 0) is 154 Å². The predicted molar refractivity (Wildman–Crippen MR) is 445 cm³/mol. The number of ether oxygens (including phenoxy) is 1. The highest BCUT2D eigenvalue weighted by atomic mass is 32.2. The van der Waals surface area contributed by atoms with Gasteiger partial charge >= 0.3 is 6.18 Å². The number of phenols is 4. The molecule has 4 aromatic heterocycles. The van der Waals surface area contributed by atoms with E-state index >= 15 is 0 Å². The van der Waals surface area contributed by atoms with Crippen molar-refractivity contribution < 1.29 is 69.1 Å². The van der Waals surface area contributed by atoms with E-state index in [0.717, 1.165) is 77.9 Å². The third-order valence-electron chi connectivity index (χ3n) is 15.5. The van der Waals surface area contributed by atoms with Crippen LogP contribution in [0.4, 0.5) is 34.6 Å². The highest BCUT2D eigenvalue weighted by Crippen LogP contribution is 2.34. The van der Waals surface area contributed by atoms with Crippen LogP contribution in [0.3, 0.4) is 0 Å². The third-order valence-corrected chi connectivity index (χ3v) is 21.5. The maximum Gasteiger partial charge on any atom is 0.409 e. The number of aromatic hydroxyl groups is 4. The number of nitrogens with zero attached hydrogens (tertiary/aromatic N) is 4. The number of alkyl halides is 3. The topological polar surface area (TPSA) is 316 Å². The first-order valence-electron chi connectivity index (χ1n) is 34.3. The van der Waals surface area contributed by atoms with Gasteiger partial charge in [0.1, 0.15) is 57.4 Å². The summed E-state index contributed by atoms with van der Waals surface area (Å²) in [5, 5.41) is 56.4. The van der Waals surface area contributed by atoms with Gasteiger partial charge < -0.3 is 46.4 Å². The van der Waals surface area contributed by atoms with Crippen LogP contribution in [-0.2, 0) is 55.7 Å². The van der Waals surface area contributed by atoms with Crippen LogP contribution < -0.4 is 35.4 Å².